The van der Waals surface area contributed by atoms with Gasteiger partial charge in [0.1, 0.15) is 5.75 Å². The highest BCUT2D eigenvalue weighted by Crippen LogP contribution is 2.30. The standard InChI is InChI=1S/C20H30N2O3S/c1-6-25-19-11-12-20(18-10-8-7-9-17(18)19)26(23,24)21-13-14-22(15(2)3)16(4)5/h7-12,15-16,21H,6,13-14H2,1-5H3. The van der Waals surface area contributed by atoms with Gasteiger partial charge in [-0.05, 0) is 46.8 Å². The van der Waals surface area contributed by atoms with Gasteiger partial charge in [-0.25, -0.2) is 13.1 Å². The van der Waals surface area contributed by atoms with Crippen LogP contribution in [-0.2, 0) is 10.0 Å². The summed E-state index contributed by atoms with van der Waals surface area (Å²) >= 11 is 0. The Morgan fingerprint density at radius 2 is 1.62 bits per heavy atom. The number of benzene rings is 2. The van der Waals surface area contributed by atoms with Gasteiger partial charge in [0, 0.05) is 35.9 Å². The van der Waals surface area contributed by atoms with Crippen LogP contribution in [-0.4, -0.2) is 45.1 Å². The van der Waals surface area contributed by atoms with Crippen LogP contribution in [0, 0.1) is 0 Å². The Balaban J connectivity index is 2.25. The number of hydrogen-bond acceptors (Lipinski definition) is 4. The molecule has 0 atom stereocenters. The fourth-order valence-electron chi connectivity index (χ4n) is 3.26. The molecular formula is C20H30N2O3S. The predicted octanol–water partition coefficient (Wildman–Crippen LogP) is 3.64. The van der Waals surface area contributed by atoms with Crippen LogP contribution in [0.15, 0.2) is 41.3 Å². The lowest BCUT2D eigenvalue weighted by molar-refractivity contribution is 0.179. The van der Waals surface area contributed by atoms with Crippen molar-refractivity contribution in [3.63, 3.8) is 0 Å². The lowest BCUT2D eigenvalue weighted by atomic mass is 10.1. The molecule has 0 heterocycles. The summed E-state index contributed by atoms with van der Waals surface area (Å²) in [6.45, 7) is 12.0. The molecule has 6 heteroatoms. The minimum Gasteiger partial charge on any atom is -0.493 e. The summed E-state index contributed by atoms with van der Waals surface area (Å²) in [5.41, 5.74) is 0. The van der Waals surface area contributed by atoms with Gasteiger partial charge in [-0.3, -0.25) is 4.90 Å². The molecule has 0 saturated carbocycles. The second-order valence-corrected chi connectivity index (χ2v) is 8.60. The van der Waals surface area contributed by atoms with Crippen molar-refractivity contribution in [3.05, 3.63) is 36.4 Å². The molecule has 0 amide bonds. The number of nitrogens with zero attached hydrogens (tertiary/aromatic N) is 1. The van der Waals surface area contributed by atoms with E-state index in [0.717, 1.165) is 5.39 Å². The molecule has 0 aromatic heterocycles. The Labute approximate surface area is 157 Å². The predicted molar refractivity (Wildman–Crippen MR) is 107 cm³/mol. The molecule has 0 saturated heterocycles. The van der Waals surface area contributed by atoms with Crippen molar-refractivity contribution in [1.82, 2.24) is 9.62 Å². The molecule has 2 aromatic carbocycles. The lowest BCUT2D eigenvalue weighted by Gasteiger charge is -2.30. The minimum absolute atomic E-state index is 0.289. The van der Waals surface area contributed by atoms with Gasteiger partial charge < -0.3 is 4.74 Å². The smallest absolute Gasteiger partial charge is 0.241 e. The molecule has 0 aliphatic carbocycles. The molecule has 144 valence electrons. The minimum atomic E-state index is -3.60. The summed E-state index contributed by atoms with van der Waals surface area (Å²) < 4.78 is 34.1. The highest BCUT2D eigenvalue weighted by atomic mass is 32.2. The number of hydrogen-bond donors (Lipinski definition) is 1. The van der Waals surface area contributed by atoms with Crippen LogP contribution >= 0.6 is 0 Å². The van der Waals surface area contributed by atoms with E-state index < -0.39 is 10.0 Å². The lowest BCUT2D eigenvalue weighted by Crippen LogP contribution is -2.42. The Morgan fingerprint density at radius 1 is 1.00 bits per heavy atom. The van der Waals surface area contributed by atoms with E-state index in [-0.39, 0.29) is 4.90 Å². The molecule has 26 heavy (non-hydrogen) atoms. The second kappa shape index (κ2) is 8.84. The highest BCUT2D eigenvalue weighted by molar-refractivity contribution is 7.89. The average molecular weight is 379 g/mol. The maximum atomic E-state index is 12.9. The van der Waals surface area contributed by atoms with E-state index in [4.69, 9.17) is 4.74 Å². The van der Waals surface area contributed by atoms with E-state index in [1.165, 1.54) is 0 Å². The third-order valence-corrected chi connectivity index (χ3v) is 5.94. The van der Waals surface area contributed by atoms with Crippen LogP contribution in [0.2, 0.25) is 0 Å². The third kappa shape index (κ3) is 4.75. The van der Waals surface area contributed by atoms with Gasteiger partial charge in [0.2, 0.25) is 10.0 Å². The maximum absolute atomic E-state index is 12.9. The number of sulfonamides is 1. The van der Waals surface area contributed by atoms with Crippen molar-refractivity contribution >= 4 is 20.8 Å². The molecule has 2 aromatic rings. The third-order valence-electron chi connectivity index (χ3n) is 4.42. The fraction of sp³-hybridized carbons (Fsp3) is 0.500. The Hall–Kier alpha value is -1.63. The number of ether oxygens (including phenoxy) is 1. The first kappa shape index (κ1) is 20.7. The van der Waals surface area contributed by atoms with E-state index in [2.05, 4.69) is 37.3 Å². The normalized spacial score (nSPS) is 12.5. The van der Waals surface area contributed by atoms with E-state index in [1.807, 2.05) is 31.2 Å². The molecule has 0 aliphatic rings. The molecule has 5 nitrogen and oxygen atoms in total. The summed E-state index contributed by atoms with van der Waals surface area (Å²) in [7, 11) is -3.60. The molecule has 0 fully saturated rings. The van der Waals surface area contributed by atoms with E-state index in [9.17, 15) is 8.42 Å². The summed E-state index contributed by atoms with van der Waals surface area (Å²) in [4.78, 5) is 2.55. The first-order valence-corrected chi connectivity index (χ1v) is 10.7. The zero-order valence-electron chi connectivity index (χ0n) is 16.3. The van der Waals surface area contributed by atoms with Crippen LogP contribution in [0.5, 0.6) is 5.75 Å². The largest absolute Gasteiger partial charge is 0.493 e. The summed E-state index contributed by atoms with van der Waals surface area (Å²) in [6.07, 6.45) is 0. The average Bonchev–Trinajstić information content (AvgIpc) is 2.58. The second-order valence-electron chi connectivity index (χ2n) is 6.86. The summed E-state index contributed by atoms with van der Waals surface area (Å²) in [6, 6.07) is 11.5. The first-order chi connectivity index (χ1) is 12.3. The molecule has 0 spiro atoms. The summed E-state index contributed by atoms with van der Waals surface area (Å²) in [5, 5.41) is 1.48. The van der Waals surface area contributed by atoms with Gasteiger partial charge in [0.25, 0.3) is 0 Å². The monoisotopic (exact) mass is 378 g/mol. The molecule has 0 unspecified atom stereocenters. The van der Waals surface area contributed by atoms with E-state index in [1.54, 1.807) is 12.1 Å². The maximum Gasteiger partial charge on any atom is 0.241 e. The van der Waals surface area contributed by atoms with Crippen molar-refractivity contribution in [3.8, 4) is 5.75 Å². The molecule has 0 radical (unpaired) electrons. The van der Waals surface area contributed by atoms with E-state index >= 15 is 0 Å². The number of rotatable bonds is 9. The van der Waals surface area contributed by atoms with Gasteiger partial charge in [-0.2, -0.15) is 0 Å². The fourth-order valence-corrected chi connectivity index (χ4v) is 4.49. The first-order valence-electron chi connectivity index (χ1n) is 9.18. The molecule has 2 rings (SSSR count). The topological polar surface area (TPSA) is 58.6 Å². The highest BCUT2D eigenvalue weighted by Gasteiger charge is 2.20. The van der Waals surface area contributed by atoms with Crippen molar-refractivity contribution < 1.29 is 13.2 Å². The van der Waals surface area contributed by atoms with E-state index in [0.29, 0.717) is 42.9 Å². The van der Waals surface area contributed by atoms with Gasteiger partial charge >= 0.3 is 0 Å². The summed E-state index contributed by atoms with van der Waals surface area (Å²) in [5.74, 6) is 0.702. The number of nitrogens with one attached hydrogen (secondary N) is 1. The Kier molecular flexibility index (Phi) is 7.03. The van der Waals surface area contributed by atoms with Gasteiger partial charge in [-0.1, -0.05) is 24.3 Å². The van der Waals surface area contributed by atoms with Crippen molar-refractivity contribution in [1.29, 1.82) is 0 Å². The zero-order valence-corrected chi connectivity index (χ0v) is 17.1. The van der Waals surface area contributed by atoms with Crippen LogP contribution < -0.4 is 9.46 Å². The molecule has 1 N–H and O–H groups in total. The van der Waals surface area contributed by atoms with Crippen molar-refractivity contribution in [2.24, 2.45) is 0 Å². The van der Waals surface area contributed by atoms with Gasteiger partial charge in [0.15, 0.2) is 0 Å². The number of fused-ring (bicyclic) bond motifs is 1. The van der Waals surface area contributed by atoms with Gasteiger partial charge in [-0.15, -0.1) is 0 Å². The quantitative estimate of drug-likeness (QED) is 0.724. The van der Waals surface area contributed by atoms with Crippen LogP contribution in [0.25, 0.3) is 10.8 Å². The van der Waals surface area contributed by atoms with Crippen molar-refractivity contribution in [2.75, 3.05) is 19.7 Å². The van der Waals surface area contributed by atoms with Gasteiger partial charge in [0.05, 0.1) is 11.5 Å². The Bertz CT molecular complexity index is 824. The SMILES string of the molecule is CCOc1ccc(S(=O)(=O)NCCN(C(C)C)C(C)C)c2ccccc12. The molecular weight excluding hydrogens is 348 g/mol. The van der Waals surface area contributed by atoms with Crippen LogP contribution in [0.3, 0.4) is 0 Å². The Morgan fingerprint density at radius 3 is 2.19 bits per heavy atom. The van der Waals surface area contributed by atoms with Crippen LogP contribution in [0.1, 0.15) is 34.6 Å². The zero-order chi connectivity index (χ0) is 19.3. The van der Waals surface area contributed by atoms with Crippen molar-refractivity contribution in [2.45, 2.75) is 51.6 Å². The molecule has 0 bridgehead atoms. The molecule has 0 aliphatic heterocycles. The van der Waals surface area contributed by atoms with Crippen LogP contribution in [0.4, 0.5) is 0 Å².